The van der Waals surface area contributed by atoms with Crippen LogP contribution >= 0.6 is 0 Å². The lowest BCUT2D eigenvalue weighted by Gasteiger charge is -2.19. The van der Waals surface area contributed by atoms with Gasteiger partial charge in [0.2, 0.25) is 5.91 Å². The van der Waals surface area contributed by atoms with Gasteiger partial charge in [0.1, 0.15) is 11.6 Å². The van der Waals surface area contributed by atoms with Crippen molar-refractivity contribution in [1.82, 2.24) is 4.90 Å². The largest absolute Gasteiger partial charge is 0.342 e. The molecule has 1 saturated heterocycles. The highest BCUT2D eigenvalue weighted by atomic mass is 16.2. The summed E-state index contributed by atoms with van der Waals surface area (Å²) < 4.78 is 0. The normalized spacial score (nSPS) is 17.4. The maximum absolute atomic E-state index is 11.6. The second-order valence-corrected chi connectivity index (χ2v) is 3.98. The maximum Gasteiger partial charge on any atom is 0.223 e. The van der Waals surface area contributed by atoms with E-state index in [2.05, 4.69) is 0 Å². The van der Waals surface area contributed by atoms with Gasteiger partial charge in [-0.05, 0) is 13.3 Å². The molecular formula is C11H17NO3. The van der Waals surface area contributed by atoms with Crippen LogP contribution in [0.15, 0.2) is 0 Å². The molecule has 0 aromatic rings. The van der Waals surface area contributed by atoms with E-state index in [-0.39, 0.29) is 23.9 Å². The number of nitrogens with zero attached hydrogens (tertiary/aromatic N) is 1. The molecule has 1 amide bonds. The fourth-order valence-corrected chi connectivity index (χ4v) is 1.65. The van der Waals surface area contributed by atoms with E-state index in [9.17, 15) is 14.4 Å². The number of ketones is 2. The summed E-state index contributed by atoms with van der Waals surface area (Å²) in [6.45, 7) is 2.66. The number of hydrogen-bond acceptors (Lipinski definition) is 3. The van der Waals surface area contributed by atoms with Gasteiger partial charge in [-0.15, -0.1) is 0 Å². The molecule has 0 aromatic carbocycles. The predicted molar refractivity (Wildman–Crippen MR) is 55.4 cm³/mol. The van der Waals surface area contributed by atoms with Crippen LogP contribution in [0.5, 0.6) is 0 Å². The third-order valence-corrected chi connectivity index (χ3v) is 2.59. The molecule has 0 aromatic heterocycles. The van der Waals surface area contributed by atoms with Crippen LogP contribution in [-0.2, 0) is 14.4 Å². The van der Waals surface area contributed by atoms with Crippen LogP contribution in [0, 0.1) is 0 Å². The Morgan fingerprint density at radius 1 is 1.20 bits per heavy atom. The molecule has 4 nitrogen and oxygen atoms in total. The number of hydrogen-bond donors (Lipinski definition) is 0. The summed E-state index contributed by atoms with van der Waals surface area (Å²) in [4.78, 5) is 35.2. The highest BCUT2D eigenvalue weighted by Gasteiger charge is 2.18. The van der Waals surface area contributed by atoms with Crippen molar-refractivity contribution >= 4 is 17.5 Å². The smallest absolute Gasteiger partial charge is 0.223 e. The first-order valence-electron chi connectivity index (χ1n) is 5.38. The van der Waals surface area contributed by atoms with Crippen LogP contribution in [0.1, 0.15) is 39.0 Å². The number of amides is 1. The standard InChI is InChI=1S/C11H17NO3/c1-9(13)4-5-11(15)12-7-2-3-10(14)6-8-12/h2-8H2,1H3. The van der Waals surface area contributed by atoms with Gasteiger partial charge in [0.25, 0.3) is 0 Å². The minimum atomic E-state index is -0.0000926. The van der Waals surface area contributed by atoms with Crippen LogP contribution in [0.4, 0.5) is 0 Å². The van der Waals surface area contributed by atoms with Gasteiger partial charge in [-0.1, -0.05) is 0 Å². The molecule has 1 aliphatic heterocycles. The molecule has 84 valence electrons. The number of carbonyl (C=O) groups excluding carboxylic acids is 3. The van der Waals surface area contributed by atoms with Crippen molar-refractivity contribution in [3.8, 4) is 0 Å². The molecule has 1 fully saturated rings. The molecule has 0 bridgehead atoms. The van der Waals surface area contributed by atoms with E-state index in [1.54, 1.807) is 4.90 Å². The fraction of sp³-hybridized carbons (Fsp3) is 0.727. The Morgan fingerprint density at radius 2 is 1.93 bits per heavy atom. The molecule has 1 rings (SSSR count). The van der Waals surface area contributed by atoms with Crippen LogP contribution in [0.3, 0.4) is 0 Å². The molecule has 0 N–H and O–H groups in total. The molecular weight excluding hydrogens is 194 g/mol. The van der Waals surface area contributed by atoms with Gasteiger partial charge in [-0.2, -0.15) is 0 Å². The van der Waals surface area contributed by atoms with Crippen LogP contribution in [0.25, 0.3) is 0 Å². The molecule has 0 unspecified atom stereocenters. The second-order valence-electron chi connectivity index (χ2n) is 3.98. The van der Waals surface area contributed by atoms with Crippen molar-refractivity contribution in [3.63, 3.8) is 0 Å². The first kappa shape index (κ1) is 11.9. The lowest BCUT2D eigenvalue weighted by molar-refractivity contribution is -0.133. The highest BCUT2D eigenvalue weighted by molar-refractivity contribution is 5.84. The monoisotopic (exact) mass is 211 g/mol. The van der Waals surface area contributed by atoms with Gasteiger partial charge in [-0.3, -0.25) is 9.59 Å². The van der Waals surface area contributed by atoms with Gasteiger partial charge in [0, 0.05) is 38.8 Å². The summed E-state index contributed by atoms with van der Waals surface area (Å²) in [7, 11) is 0. The quantitative estimate of drug-likeness (QED) is 0.698. The van der Waals surface area contributed by atoms with Crippen molar-refractivity contribution in [2.75, 3.05) is 13.1 Å². The molecule has 0 saturated carbocycles. The molecule has 1 heterocycles. The minimum Gasteiger partial charge on any atom is -0.342 e. The molecule has 0 spiro atoms. The fourth-order valence-electron chi connectivity index (χ4n) is 1.65. The third-order valence-electron chi connectivity index (χ3n) is 2.59. The van der Waals surface area contributed by atoms with Gasteiger partial charge < -0.3 is 9.69 Å². The zero-order valence-electron chi connectivity index (χ0n) is 9.12. The summed E-state index contributed by atoms with van der Waals surface area (Å²) in [5.74, 6) is 0.269. The van der Waals surface area contributed by atoms with Crippen molar-refractivity contribution in [2.24, 2.45) is 0 Å². The van der Waals surface area contributed by atoms with Gasteiger partial charge in [0.15, 0.2) is 0 Å². The van der Waals surface area contributed by atoms with E-state index >= 15 is 0 Å². The van der Waals surface area contributed by atoms with Crippen molar-refractivity contribution in [1.29, 1.82) is 0 Å². The minimum absolute atomic E-state index is 0.0000926. The molecule has 15 heavy (non-hydrogen) atoms. The molecule has 1 aliphatic rings. The zero-order valence-corrected chi connectivity index (χ0v) is 9.12. The predicted octanol–water partition coefficient (Wildman–Crippen LogP) is 0.937. The SMILES string of the molecule is CC(=O)CCC(=O)N1CCCC(=O)CC1. The lowest BCUT2D eigenvalue weighted by Crippen LogP contribution is -2.32. The summed E-state index contributed by atoms with van der Waals surface area (Å²) in [6, 6.07) is 0. The average Bonchev–Trinajstić information content (AvgIpc) is 2.39. The summed E-state index contributed by atoms with van der Waals surface area (Å²) in [5, 5.41) is 0. The number of Topliss-reactive ketones (excluding diaryl/α,β-unsaturated/α-hetero) is 2. The molecule has 0 aliphatic carbocycles. The Bertz CT molecular complexity index is 273. The topological polar surface area (TPSA) is 54.5 Å². The van der Waals surface area contributed by atoms with Crippen LogP contribution in [-0.4, -0.2) is 35.5 Å². The Labute approximate surface area is 89.6 Å². The Hall–Kier alpha value is -1.19. The van der Waals surface area contributed by atoms with Crippen molar-refractivity contribution in [2.45, 2.75) is 39.0 Å². The Morgan fingerprint density at radius 3 is 2.60 bits per heavy atom. The third kappa shape index (κ3) is 4.23. The van der Waals surface area contributed by atoms with Gasteiger partial charge >= 0.3 is 0 Å². The summed E-state index contributed by atoms with van der Waals surface area (Å²) in [6.07, 6.45) is 2.39. The summed E-state index contributed by atoms with van der Waals surface area (Å²) in [5.41, 5.74) is 0. The first-order chi connectivity index (χ1) is 7.09. The van der Waals surface area contributed by atoms with Crippen LogP contribution in [0.2, 0.25) is 0 Å². The Kier molecular flexibility index (Phi) is 4.46. The highest BCUT2D eigenvalue weighted by Crippen LogP contribution is 2.09. The maximum atomic E-state index is 11.6. The van der Waals surface area contributed by atoms with E-state index in [1.807, 2.05) is 0 Å². The lowest BCUT2D eigenvalue weighted by atomic mass is 10.2. The van der Waals surface area contributed by atoms with Crippen molar-refractivity contribution in [3.05, 3.63) is 0 Å². The number of carbonyl (C=O) groups is 3. The van der Waals surface area contributed by atoms with E-state index < -0.39 is 0 Å². The number of likely N-dealkylation sites (tertiary alicyclic amines) is 1. The second kappa shape index (κ2) is 5.63. The van der Waals surface area contributed by atoms with E-state index in [0.717, 1.165) is 6.42 Å². The van der Waals surface area contributed by atoms with Crippen molar-refractivity contribution < 1.29 is 14.4 Å². The van der Waals surface area contributed by atoms with Gasteiger partial charge in [0.05, 0.1) is 0 Å². The molecule has 4 heteroatoms. The summed E-state index contributed by atoms with van der Waals surface area (Å²) >= 11 is 0. The first-order valence-corrected chi connectivity index (χ1v) is 5.38. The molecule has 0 atom stereocenters. The average molecular weight is 211 g/mol. The number of rotatable bonds is 3. The molecule has 0 radical (unpaired) electrons. The van der Waals surface area contributed by atoms with E-state index in [0.29, 0.717) is 32.4 Å². The van der Waals surface area contributed by atoms with E-state index in [1.165, 1.54) is 6.92 Å². The van der Waals surface area contributed by atoms with Crippen LogP contribution < -0.4 is 0 Å². The van der Waals surface area contributed by atoms with Gasteiger partial charge in [-0.25, -0.2) is 0 Å². The zero-order chi connectivity index (χ0) is 11.3. The Balaban J connectivity index is 2.38. The van der Waals surface area contributed by atoms with E-state index in [4.69, 9.17) is 0 Å².